The van der Waals surface area contributed by atoms with Crippen molar-refractivity contribution < 1.29 is 31.9 Å². The fourth-order valence-corrected chi connectivity index (χ4v) is 7.38. The van der Waals surface area contributed by atoms with Crippen molar-refractivity contribution in [2.24, 2.45) is 0 Å². The van der Waals surface area contributed by atoms with Crippen molar-refractivity contribution in [3.8, 4) is 57.1 Å². The third-order valence-corrected chi connectivity index (χ3v) is 10.8. The molecule has 0 aliphatic carbocycles. The van der Waals surface area contributed by atoms with Gasteiger partial charge >= 0.3 is 21.7 Å². The van der Waals surface area contributed by atoms with E-state index in [2.05, 4.69) is 41.5 Å². The minimum Gasteiger partial charge on any atom is -0.508 e. The number of fused-ring (bicyclic) bond motifs is 20. The number of hydrogen-bond donors (Lipinski definition) is 2. The average molecular weight is 861 g/mol. The molecule has 0 amide bonds. The van der Waals surface area contributed by atoms with E-state index in [9.17, 15) is 0 Å². The van der Waals surface area contributed by atoms with Gasteiger partial charge in [-0.3, -0.25) is 0 Å². The van der Waals surface area contributed by atoms with Gasteiger partial charge in [0.1, 0.15) is 11.5 Å². The van der Waals surface area contributed by atoms with Crippen LogP contribution in [-0.2, 0) is 32.5 Å². The van der Waals surface area contributed by atoms with E-state index in [0.717, 1.165) is 43.8 Å². The zero-order valence-corrected chi connectivity index (χ0v) is 37.4. The first-order valence-corrected chi connectivity index (χ1v) is 20.5. The van der Waals surface area contributed by atoms with E-state index in [-0.39, 0.29) is 32.5 Å². The molecule has 308 valence electrons. The van der Waals surface area contributed by atoms with Gasteiger partial charge in [0.2, 0.25) is 0 Å². The summed E-state index contributed by atoms with van der Waals surface area (Å²) in [6.45, 7) is 12.9. The van der Waals surface area contributed by atoms with Gasteiger partial charge in [0.25, 0.3) is 0 Å². The molecule has 0 radical (unpaired) electrons. The van der Waals surface area contributed by atoms with Gasteiger partial charge in [-0.2, -0.15) is 0 Å². The van der Waals surface area contributed by atoms with Crippen molar-refractivity contribution >= 4 is 44.1 Å². The Morgan fingerprint density at radius 1 is 0.333 bits per heavy atom. The van der Waals surface area contributed by atoms with Gasteiger partial charge < -0.3 is 40.1 Å². The quantitative estimate of drug-likeness (QED) is 0.141. The monoisotopic (exact) mass is 860 g/mol. The second-order valence-electron chi connectivity index (χ2n) is 17.3. The van der Waals surface area contributed by atoms with Crippen LogP contribution in [0.5, 0.6) is 11.5 Å². The third-order valence-electron chi connectivity index (χ3n) is 10.8. The number of hydrogen-bond acceptors (Lipinski definition) is 8. The molecular formula is C52H44N8O2Ti. The summed E-state index contributed by atoms with van der Waals surface area (Å²) in [6, 6.07) is 46.5. The van der Waals surface area contributed by atoms with Gasteiger partial charge in [-0.05, 0) is 67.8 Å². The number of phenols is 2. The molecule has 2 aliphatic heterocycles. The topological polar surface area (TPSA) is 146 Å². The van der Waals surface area contributed by atoms with Crippen LogP contribution < -0.4 is 9.97 Å². The van der Waals surface area contributed by atoms with Crippen molar-refractivity contribution in [3.05, 3.63) is 157 Å². The van der Waals surface area contributed by atoms with Gasteiger partial charge in [-0.1, -0.05) is 163 Å². The maximum Gasteiger partial charge on any atom is 2.00 e. The summed E-state index contributed by atoms with van der Waals surface area (Å²) in [4.78, 5) is 39.3. The summed E-state index contributed by atoms with van der Waals surface area (Å²) in [7, 11) is 0. The summed E-state index contributed by atoms with van der Waals surface area (Å²) < 4.78 is 0. The molecule has 0 saturated heterocycles. The van der Waals surface area contributed by atoms with Crippen LogP contribution >= 0.6 is 0 Å². The fourth-order valence-electron chi connectivity index (χ4n) is 7.38. The molecule has 63 heavy (non-hydrogen) atoms. The molecule has 2 aliphatic rings. The summed E-state index contributed by atoms with van der Waals surface area (Å²) in [6.07, 6.45) is 0. The van der Waals surface area contributed by atoms with Gasteiger partial charge in [0, 0.05) is 44.8 Å². The minimum atomic E-state index is 0. The van der Waals surface area contributed by atoms with Crippen LogP contribution in [0.1, 0.15) is 52.7 Å². The Morgan fingerprint density at radius 3 is 0.810 bits per heavy atom. The molecule has 0 fully saturated rings. The number of aromatic hydroxyl groups is 2. The van der Waals surface area contributed by atoms with Gasteiger partial charge in [0.05, 0.1) is 23.3 Å². The van der Waals surface area contributed by atoms with E-state index >= 15 is 0 Å². The first-order valence-electron chi connectivity index (χ1n) is 20.5. The predicted molar refractivity (Wildman–Crippen MR) is 248 cm³/mol. The molecule has 11 heteroatoms. The summed E-state index contributed by atoms with van der Waals surface area (Å²) in [5.74, 6) is 2.87. The van der Waals surface area contributed by atoms with Crippen LogP contribution in [-0.4, -0.2) is 40.1 Å². The molecule has 8 bridgehead atoms. The molecule has 0 unspecified atom stereocenters. The van der Waals surface area contributed by atoms with E-state index < -0.39 is 0 Å². The normalized spacial score (nSPS) is 11.7. The number of aromatic nitrogens is 8. The summed E-state index contributed by atoms with van der Waals surface area (Å²) in [5, 5.41) is 21.6. The molecule has 10 nitrogen and oxygen atoms in total. The largest absolute Gasteiger partial charge is 2.00 e. The maximum atomic E-state index is 9.02. The van der Waals surface area contributed by atoms with Crippen molar-refractivity contribution in [2.75, 3.05) is 0 Å². The van der Waals surface area contributed by atoms with Gasteiger partial charge in [-0.15, -0.1) is 0 Å². The molecule has 0 spiro atoms. The second kappa shape index (κ2) is 17.0. The van der Waals surface area contributed by atoms with E-state index in [1.165, 1.54) is 11.1 Å². The molecule has 2 N–H and O–H groups in total. The third kappa shape index (κ3) is 8.73. The van der Waals surface area contributed by atoms with Crippen LogP contribution in [0.2, 0.25) is 0 Å². The molecule has 11 rings (SSSR count). The van der Waals surface area contributed by atoms with Crippen molar-refractivity contribution in [2.45, 2.75) is 52.4 Å². The molecule has 3 aromatic heterocycles. The maximum absolute atomic E-state index is 9.02. The first kappa shape index (κ1) is 42.7. The summed E-state index contributed by atoms with van der Waals surface area (Å²) >= 11 is 0. The van der Waals surface area contributed by atoms with Gasteiger partial charge in [0.15, 0.2) is 0 Å². The van der Waals surface area contributed by atoms with Crippen molar-refractivity contribution in [3.63, 3.8) is 0 Å². The van der Waals surface area contributed by atoms with Gasteiger partial charge in [-0.25, -0.2) is 9.97 Å². The Kier molecular flexibility index (Phi) is 11.5. The van der Waals surface area contributed by atoms with E-state index in [1.54, 1.807) is 24.3 Å². The Morgan fingerprint density at radius 2 is 0.571 bits per heavy atom. The predicted octanol–water partition coefficient (Wildman–Crippen LogP) is 11.5. The first-order chi connectivity index (χ1) is 29.8. The second-order valence-corrected chi connectivity index (χ2v) is 17.3. The van der Waals surface area contributed by atoms with Crippen LogP contribution in [0, 0.1) is 0 Å². The zero-order chi connectivity index (χ0) is 43.2. The Hall–Kier alpha value is -7.01. The number of rotatable bonds is 0. The fraction of sp³-hybridized carbons (Fsp3) is 0.154. The van der Waals surface area contributed by atoms with Crippen molar-refractivity contribution in [1.29, 1.82) is 0 Å². The van der Waals surface area contributed by atoms with Crippen molar-refractivity contribution in [1.82, 2.24) is 39.9 Å². The number of phenolic OH excluding ortho intramolecular Hbond substituents is 2. The number of benzene rings is 6. The smallest absolute Gasteiger partial charge is 0.508 e. The Balaban J connectivity index is 0.000000195. The molecule has 0 atom stereocenters. The molecule has 6 aromatic carbocycles. The van der Waals surface area contributed by atoms with Crippen LogP contribution in [0.4, 0.5) is 0 Å². The average Bonchev–Trinajstić information content (AvgIpc) is 4.00. The molecular weight excluding hydrogens is 816 g/mol. The molecule has 9 aromatic rings. The minimum absolute atomic E-state index is 0. The Labute approximate surface area is 380 Å². The molecule has 0 saturated carbocycles. The van der Waals surface area contributed by atoms with E-state index in [0.29, 0.717) is 57.4 Å². The Bertz CT molecular complexity index is 2910. The molecule has 5 heterocycles. The van der Waals surface area contributed by atoms with E-state index in [4.69, 9.17) is 50.1 Å². The summed E-state index contributed by atoms with van der Waals surface area (Å²) in [5.41, 5.74) is 8.62. The number of nitrogens with zero attached hydrogens (tertiary/aromatic N) is 8. The van der Waals surface area contributed by atoms with Crippen LogP contribution in [0.3, 0.4) is 0 Å². The SMILES string of the molecule is CC(C)(C)c1ccc(O)cc1.CC(C)(C)c1ccc(O)cc1.[Ti+2].c1ccc2c(c1)-c1nc-2nc2[n-]c(nc3nc(nc4[n-]c(n1)c1ccccc41)-c1ccccc1-3)c1ccccc21. The van der Waals surface area contributed by atoms with Crippen LogP contribution in [0.15, 0.2) is 146 Å². The zero-order valence-electron chi connectivity index (χ0n) is 35.8. The van der Waals surface area contributed by atoms with Crippen LogP contribution in [0.25, 0.3) is 89.7 Å². The standard InChI is InChI=1S/C32H16N8.2C10H14O.Ti/c1-2-10-18-17(9-1)25-33-26(18)38-28-21-13-5-6-14-22(21)30(35-28)40-32-24-16-8-7-15-23(24)31(36-32)39-29-20-12-4-3-11-19(20)27(34-29)37-25;2*1-10(2,3)8-4-6-9(11)7-5-8;/h1-16H;2*4-7,11H,1-3H3;/q-2;;;+2. The van der Waals surface area contributed by atoms with E-state index in [1.807, 2.05) is 121 Å².